The summed E-state index contributed by atoms with van der Waals surface area (Å²) < 4.78 is 5.08. The number of nitrogens with one attached hydrogen (secondary N) is 2. The molecular weight excluding hydrogens is 382 g/mol. The number of halogens is 1. The van der Waals surface area contributed by atoms with Crippen LogP contribution in [0.5, 0.6) is 0 Å². The summed E-state index contributed by atoms with van der Waals surface area (Å²) in [6.07, 6.45) is 1.01. The second-order valence-electron chi connectivity index (χ2n) is 7.91. The predicted octanol–water partition coefficient (Wildman–Crippen LogP) is 2.83. The molecule has 154 valence electrons. The van der Waals surface area contributed by atoms with Crippen LogP contribution < -0.4 is 10.6 Å². The molecule has 1 aromatic carbocycles. The highest BCUT2D eigenvalue weighted by atomic mass is 35.5. The lowest BCUT2D eigenvalue weighted by Gasteiger charge is -2.32. The summed E-state index contributed by atoms with van der Waals surface area (Å²) in [4.78, 5) is 37.8. The van der Waals surface area contributed by atoms with Gasteiger partial charge in [0, 0.05) is 30.2 Å². The maximum Gasteiger partial charge on any atom is 0.408 e. The number of rotatable bonds is 5. The Morgan fingerprint density at radius 1 is 1.18 bits per heavy atom. The van der Waals surface area contributed by atoms with Crippen LogP contribution >= 0.6 is 11.6 Å². The van der Waals surface area contributed by atoms with Gasteiger partial charge in [-0.3, -0.25) is 9.59 Å². The summed E-state index contributed by atoms with van der Waals surface area (Å²) in [6.45, 7) is 6.96. The molecule has 0 aromatic heterocycles. The van der Waals surface area contributed by atoms with Crippen LogP contribution in [0, 0.1) is 5.92 Å². The second kappa shape index (κ2) is 9.78. The third-order valence-corrected chi connectivity index (χ3v) is 4.59. The fraction of sp³-hybridized carbons (Fsp3) is 0.550. The van der Waals surface area contributed by atoms with Crippen molar-refractivity contribution in [1.82, 2.24) is 15.5 Å². The molecule has 1 heterocycles. The number of amides is 3. The van der Waals surface area contributed by atoms with Gasteiger partial charge in [0.15, 0.2) is 0 Å². The van der Waals surface area contributed by atoms with Crippen LogP contribution in [-0.2, 0) is 9.53 Å². The Bertz CT molecular complexity index is 710. The maximum absolute atomic E-state index is 12.5. The maximum atomic E-state index is 12.5. The van der Waals surface area contributed by atoms with Crippen LogP contribution in [0.2, 0.25) is 5.02 Å². The Balaban J connectivity index is 1.68. The number of piperidine rings is 1. The standard InChI is InChI=1S/C20H28ClN3O4/c1-20(2,3)28-19(27)23-13-17(25)22-12-14-7-9-24(10-8-14)18(26)15-5-4-6-16(21)11-15/h4-6,11,14H,7-10,12-13H2,1-3H3,(H,22,25)(H,23,27). The minimum Gasteiger partial charge on any atom is -0.444 e. The molecular formula is C20H28ClN3O4. The second-order valence-corrected chi connectivity index (χ2v) is 8.34. The van der Waals surface area contributed by atoms with Crippen LogP contribution in [0.4, 0.5) is 4.79 Å². The van der Waals surface area contributed by atoms with Gasteiger partial charge in [-0.05, 0) is 57.7 Å². The number of hydrogen-bond donors (Lipinski definition) is 2. The summed E-state index contributed by atoms with van der Waals surface area (Å²) in [7, 11) is 0. The molecule has 0 unspecified atom stereocenters. The molecule has 28 heavy (non-hydrogen) atoms. The molecule has 2 N–H and O–H groups in total. The fourth-order valence-corrected chi connectivity index (χ4v) is 3.12. The van der Waals surface area contributed by atoms with Crippen molar-refractivity contribution in [2.75, 3.05) is 26.2 Å². The molecule has 0 saturated carbocycles. The molecule has 0 atom stereocenters. The lowest BCUT2D eigenvalue weighted by atomic mass is 9.96. The van der Waals surface area contributed by atoms with Gasteiger partial charge in [0.1, 0.15) is 5.60 Å². The van der Waals surface area contributed by atoms with Crippen molar-refractivity contribution in [3.05, 3.63) is 34.9 Å². The van der Waals surface area contributed by atoms with Gasteiger partial charge >= 0.3 is 6.09 Å². The van der Waals surface area contributed by atoms with Gasteiger partial charge in [0.2, 0.25) is 5.91 Å². The predicted molar refractivity (Wildman–Crippen MR) is 107 cm³/mol. The van der Waals surface area contributed by atoms with Crippen molar-refractivity contribution in [3.63, 3.8) is 0 Å². The normalized spacial score (nSPS) is 15.1. The van der Waals surface area contributed by atoms with Crippen molar-refractivity contribution in [3.8, 4) is 0 Å². The molecule has 0 aliphatic carbocycles. The molecule has 1 saturated heterocycles. The third kappa shape index (κ3) is 7.38. The molecule has 0 spiro atoms. The number of carbonyl (C=O) groups excluding carboxylic acids is 3. The van der Waals surface area contributed by atoms with Crippen molar-refractivity contribution in [2.24, 2.45) is 5.92 Å². The number of ether oxygens (including phenoxy) is 1. The van der Waals surface area contributed by atoms with E-state index in [9.17, 15) is 14.4 Å². The van der Waals surface area contributed by atoms with E-state index in [2.05, 4.69) is 10.6 Å². The Kier molecular flexibility index (Phi) is 7.69. The van der Waals surface area contributed by atoms with Crippen molar-refractivity contribution >= 4 is 29.5 Å². The quantitative estimate of drug-likeness (QED) is 0.782. The average Bonchev–Trinajstić information content (AvgIpc) is 2.63. The van der Waals surface area contributed by atoms with Gasteiger partial charge < -0.3 is 20.3 Å². The average molecular weight is 410 g/mol. The van der Waals surface area contributed by atoms with Crippen LogP contribution in [0.1, 0.15) is 44.0 Å². The van der Waals surface area contributed by atoms with Gasteiger partial charge in [0.25, 0.3) is 5.91 Å². The molecule has 0 bridgehead atoms. The smallest absolute Gasteiger partial charge is 0.408 e. The molecule has 1 aliphatic heterocycles. The first-order valence-electron chi connectivity index (χ1n) is 9.42. The SMILES string of the molecule is CC(C)(C)OC(=O)NCC(=O)NCC1CCN(C(=O)c2cccc(Cl)c2)CC1. The summed E-state index contributed by atoms with van der Waals surface area (Å²) in [5.74, 6) is 0.0173. The lowest BCUT2D eigenvalue weighted by molar-refractivity contribution is -0.120. The van der Waals surface area contributed by atoms with Gasteiger partial charge in [-0.2, -0.15) is 0 Å². The summed E-state index contributed by atoms with van der Waals surface area (Å²) in [6, 6.07) is 6.94. The lowest BCUT2D eigenvalue weighted by Crippen LogP contribution is -2.44. The van der Waals surface area contributed by atoms with Gasteiger partial charge in [-0.15, -0.1) is 0 Å². The van der Waals surface area contributed by atoms with E-state index >= 15 is 0 Å². The van der Waals surface area contributed by atoms with Crippen LogP contribution in [0.25, 0.3) is 0 Å². The summed E-state index contributed by atoms with van der Waals surface area (Å²) in [5, 5.41) is 5.80. The largest absolute Gasteiger partial charge is 0.444 e. The van der Waals surface area contributed by atoms with E-state index in [1.54, 1.807) is 45.0 Å². The molecule has 1 fully saturated rings. The molecule has 3 amide bonds. The number of alkyl carbamates (subject to hydrolysis) is 1. The zero-order valence-corrected chi connectivity index (χ0v) is 17.3. The van der Waals surface area contributed by atoms with E-state index in [0.29, 0.717) is 36.1 Å². The number of carbonyl (C=O) groups is 3. The van der Waals surface area contributed by atoms with E-state index in [1.165, 1.54) is 0 Å². The van der Waals surface area contributed by atoms with Crippen molar-refractivity contribution < 1.29 is 19.1 Å². The molecule has 7 nitrogen and oxygen atoms in total. The first-order valence-corrected chi connectivity index (χ1v) is 9.80. The van der Waals surface area contributed by atoms with Crippen LogP contribution in [-0.4, -0.2) is 54.6 Å². The summed E-state index contributed by atoms with van der Waals surface area (Å²) >= 11 is 5.95. The molecule has 1 aromatic rings. The zero-order chi connectivity index (χ0) is 20.7. The third-order valence-electron chi connectivity index (χ3n) is 4.35. The minimum atomic E-state index is -0.615. The van der Waals surface area contributed by atoms with Gasteiger partial charge in [-0.1, -0.05) is 17.7 Å². The monoisotopic (exact) mass is 409 g/mol. The highest BCUT2D eigenvalue weighted by molar-refractivity contribution is 6.30. The number of nitrogens with zero attached hydrogens (tertiary/aromatic N) is 1. The van der Waals surface area contributed by atoms with E-state index < -0.39 is 11.7 Å². The number of benzene rings is 1. The Labute approximate surface area is 170 Å². The zero-order valence-electron chi connectivity index (χ0n) is 16.6. The van der Waals surface area contributed by atoms with Crippen LogP contribution in [0.15, 0.2) is 24.3 Å². The fourth-order valence-electron chi connectivity index (χ4n) is 2.93. The summed E-state index contributed by atoms with van der Waals surface area (Å²) in [5.41, 5.74) is -0.00990. The van der Waals surface area contributed by atoms with Crippen LogP contribution in [0.3, 0.4) is 0 Å². The van der Waals surface area contributed by atoms with Crippen molar-refractivity contribution in [2.45, 2.75) is 39.2 Å². The van der Waals surface area contributed by atoms with E-state index in [0.717, 1.165) is 12.8 Å². The van der Waals surface area contributed by atoms with Gasteiger partial charge in [-0.25, -0.2) is 4.79 Å². The Hall–Kier alpha value is -2.28. The highest BCUT2D eigenvalue weighted by Crippen LogP contribution is 2.20. The Morgan fingerprint density at radius 3 is 2.46 bits per heavy atom. The minimum absolute atomic E-state index is 0.0217. The topological polar surface area (TPSA) is 87.7 Å². The number of hydrogen-bond acceptors (Lipinski definition) is 4. The Morgan fingerprint density at radius 2 is 1.86 bits per heavy atom. The molecule has 0 radical (unpaired) electrons. The number of likely N-dealkylation sites (tertiary alicyclic amines) is 1. The van der Waals surface area contributed by atoms with E-state index in [4.69, 9.17) is 16.3 Å². The first kappa shape index (κ1) is 22.0. The van der Waals surface area contributed by atoms with Crippen molar-refractivity contribution in [1.29, 1.82) is 0 Å². The molecule has 1 aliphatic rings. The molecule has 2 rings (SSSR count). The highest BCUT2D eigenvalue weighted by Gasteiger charge is 2.24. The molecule has 8 heteroatoms. The van der Waals surface area contributed by atoms with Gasteiger partial charge in [0.05, 0.1) is 6.54 Å². The van der Waals surface area contributed by atoms with E-state index in [-0.39, 0.29) is 18.4 Å². The first-order chi connectivity index (χ1) is 13.1. The van der Waals surface area contributed by atoms with E-state index in [1.807, 2.05) is 4.90 Å².